The van der Waals surface area contributed by atoms with Crippen molar-refractivity contribution in [3.63, 3.8) is 0 Å². The first-order valence-electron chi connectivity index (χ1n) is 9.70. The van der Waals surface area contributed by atoms with Crippen LogP contribution in [0.1, 0.15) is 17.3 Å². The number of nitrogens with zero attached hydrogens (tertiary/aromatic N) is 4. The van der Waals surface area contributed by atoms with Crippen molar-refractivity contribution in [3.8, 4) is 0 Å². The number of carbonyl (C=O) groups excluding carboxylic acids is 1. The molecule has 3 rings (SSSR count). The Balaban J connectivity index is 1.45. The van der Waals surface area contributed by atoms with Crippen LogP contribution in [0.5, 0.6) is 0 Å². The average Bonchev–Trinajstić information content (AvgIpc) is 3.11. The molecule has 0 unspecified atom stereocenters. The van der Waals surface area contributed by atoms with E-state index < -0.39 is 10.0 Å². The van der Waals surface area contributed by atoms with Gasteiger partial charge in [-0.05, 0) is 12.0 Å². The van der Waals surface area contributed by atoms with Gasteiger partial charge in [-0.2, -0.15) is 9.29 Å². The van der Waals surface area contributed by atoms with E-state index in [4.69, 9.17) is 9.26 Å². The van der Waals surface area contributed by atoms with Crippen LogP contribution in [0.15, 0.2) is 34.9 Å². The van der Waals surface area contributed by atoms with Crippen molar-refractivity contribution in [2.45, 2.75) is 25.5 Å². The molecule has 1 aliphatic heterocycles. The third-order valence-corrected chi connectivity index (χ3v) is 6.18. The molecule has 0 aliphatic carbocycles. The lowest BCUT2D eigenvalue weighted by Crippen LogP contribution is -2.64. The number of carbonyl (C=O) groups is 1. The zero-order valence-electron chi connectivity index (χ0n) is 17.2. The van der Waals surface area contributed by atoms with Crippen molar-refractivity contribution in [1.82, 2.24) is 24.7 Å². The molecule has 2 amide bonds. The SMILES string of the molecule is COCc1nc(CCN(C2CN(C(=O)NCCc3ccccc3)C2)S(C)(=O)=O)no1. The molecule has 1 aromatic heterocycles. The second kappa shape index (κ2) is 10.0. The van der Waals surface area contributed by atoms with Crippen LogP contribution in [0.25, 0.3) is 0 Å². The average molecular weight is 438 g/mol. The third kappa shape index (κ3) is 6.00. The minimum Gasteiger partial charge on any atom is -0.375 e. The second-order valence-electron chi connectivity index (χ2n) is 7.19. The Morgan fingerprint density at radius 3 is 2.70 bits per heavy atom. The number of likely N-dealkylation sites (tertiary alicyclic amines) is 1. The van der Waals surface area contributed by atoms with Crippen LogP contribution in [0, 0.1) is 0 Å². The molecule has 1 aliphatic rings. The molecule has 1 fully saturated rings. The summed E-state index contributed by atoms with van der Waals surface area (Å²) in [6.07, 6.45) is 2.23. The summed E-state index contributed by atoms with van der Waals surface area (Å²) in [5.41, 5.74) is 1.15. The molecule has 30 heavy (non-hydrogen) atoms. The normalized spacial score (nSPS) is 14.7. The molecule has 1 N–H and O–H groups in total. The minimum atomic E-state index is -3.44. The van der Waals surface area contributed by atoms with Crippen LogP contribution >= 0.6 is 0 Å². The number of hydrogen-bond donors (Lipinski definition) is 1. The first-order valence-corrected chi connectivity index (χ1v) is 11.6. The van der Waals surface area contributed by atoms with Gasteiger partial charge in [0.1, 0.15) is 6.61 Å². The molecule has 0 spiro atoms. The van der Waals surface area contributed by atoms with E-state index in [0.29, 0.717) is 37.8 Å². The highest BCUT2D eigenvalue weighted by Crippen LogP contribution is 2.18. The van der Waals surface area contributed by atoms with E-state index in [0.717, 1.165) is 12.0 Å². The fraction of sp³-hybridized carbons (Fsp3) is 0.526. The van der Waals surface area contributed by atoms with Crippen LogP contribution in [0.4, 0.5) is 4.79 Å². The molecule has 1 aromatic carbocycles. The second-order valence-corrected chi connectivity index (χ2v) is 9.12. The summed E-state index contributed by atoms with van der Waals surface area (Å²) < 4.78 is 35.8. The highest BCUT2D eigenvalue weighted by Gasteiger charge is 2.38. The van der Waals surface area contributed by atoms with Crippen molar-refractivity contribution in [3.05, 3.63) is 47.6 Å². The predicted molar refractivity (Wildman–Crippen MR) is 109 cm³/mol. The van der Waals surface area contributed by atoms with Gasteiger partial charge < -0.3 is 19.5 Å². The number of aromatic nitrogens is 2. The number of sulfonamides is 1. The molecular weight excluding hydrogens is 410 g/mol. The van der Waals surface area contributed by atoms with Crippen LogP contribution in [-0.2, 0) is 34.2 Å². The number of hydrogen-bond acceptors (Lipinski definition) is 7. The summed E-state index contributed by atoms with van der Waals surface area (Å²) in [7, 11) is -1.91. The molecule has 0 bridgehead atoms. The van der Waals surface area contributed by atoms with E-state index in [9.17, 15) is 13.2 Å². The largest absolute Gasteiger partial charge is 0.375 e. The van der Waals surface area contributed by atoms with E-state index in [1.165, 1.54) is 17.7 Å². The number of nitrogens with one attached hydrogen (secondary N) is 1. The number of ether oxygens (including phenoxy) is 1. The molecule has 0 saturated carbocycles. The van der Waals surface area contributed by atoms with Crippen molar-refractivity contribution in [1.29, 1.82) is 0 Å². The van der Waals surface area contributed by atoms with Crippen molar-refractivity contribution < 1.29 is 22.5 Å². The number of methoxy groups -OCH3 is 1. The molecule has 0 atom stereocenters. The Morgan fingerprint density at radius 2 is 2.03 bits per heavy atom. The highest BCUT2D eigenvalue weighted by molar-refractivity contribution is 7.88. The number of rotatable bonds is 10. The lowest BCUT2D eigenvalue weighted by atomic mass is 10.1. The maximum Gasteiger partial charge on any atom is 0.317 e. The maximum atomic E-state index is 12.3. The summed E-state index contributed by atoms with van der Waals surface area (Å²) in [5, 5.41) is 6.71. The zero-order valence-corrected chi connectivity index (χ0v) is 18.0. The molecule has 1 saturated heterocycles. The summed E-state index contributed by atoms with van der Waals surface area (Å²) in [4.78, 5) is 18.0. The van der Waals surface area contributed by atoms with E-state index in [2.05, 4.69) is 15.5 Å². The number of benzene rings is 1. The molecular formula is C19H27N5O5S. The number of urea groups is 1. The van der Waals surface area contributed by atoms with Gasteiger partial charge in [-0.15, -0.1) is 0 Å². The van der Waals surface area contributed by atoms with E-state index in [-0.39, 0.29) is 25.2 Å². The summed E-state index contributed by atoms with van der Waals surface area (Å²) in [5.74, 6) is 0.769. The Hall–Kier alpha value is -2.50. The van der Waals surface area contributed by atoms with Gasteiger partial charge >= 0.3 is 6.03 Å². The van der Waals surface area contributed by atoms with Gasteiger partial charge in [-0.25, -0.2) is 13.2 Å². The van der Waals surface area contributed by atoms with Crippen molar-refractivity contribution >= 4 is 16.1 Å². The topological polar surface area (TPSA) is 118 Å². The maximum absolute atomic E-state index is 12.3. The number of amides is 2. The van der Waals surface area contributed by atoms with Gasteiger partial charge in [0.15, 0.2) is 5.82 Å². The molecule has 2 heterocycles. The Morgan fingerprint density at radius 1 is 1.30 bits per heavy atom. The quantitative estimate of drug-likeness (QED) is 0.580. The molecule has 10 nitrogen and oxygen atoms in total. The van der Waals surface area contributed by atoms with Gasteiger partial charge in [0.2, 0.25) is 10.0 Å². The minimum absolute atomic E-state index is 0.182. The Labute approximate surface area is 176 Å². The zero-order chi connectivity index (χ0) is 21.6. The van der Waals surface area contributed by atoms with Gasteiger partial charge in [0.25, 0.3) is 5.89 Å². The lowest BCUT2D eigenvalue weighted by molar-refractivity contribution is 0.101. The Kier molecular flexibility index (Phi) is 7.40. The van der Waals surface area contributed by atoms with Gasteiger partial charge in [0, 0.05) is 39.7 Å². The van der Waals surface area contributed by atoms with Crippen molar-refractivity contribution in [2.24, 2.45) is 0 Å². The molecule has 2 aromatic rings. The smallest absolute Gasteiger partial charge is 0.317 e. The van der Waals surface area contributed by atoms with Crippen LogP contribution in [-0.4, -0.2) is 79.4 Å². The lowest BCUT2D eigenvalue weighted by Gasteiger charge is -2.44. The fourth-order valence-electron chi connectivity index (χ4n) is 3.28. The van der Waals surface area contributed by atoms with Crippen molar-refractivity contribution in [2.75, 3.05) is 39.5 Å². The van der Waals surface area contributed by atoms with Crippen LogP contribution in [0.3, 0.4) is 0 Å². The van der Waals surface area contributed by atoms with Gasteiger partial charge in [-0.1, -0.05) is 35.5 Å². The summed E-state index contributed by atoms with van der Waals surface area (Å²) >= 11 is 0. The Bertz CT molecular complexity index is 928. The summed E-state index contributed by atoms with van der Waals surface area (Å²) in [6.45, 7) is 1.66. The fourth-order valence-corrected chi connectivity index (χ4v) is 4.37. The van der Waals surface area contributed by atoms with Crippen LogP contribution < -0.4 is 5.32 Å². The molecule has 164 valence electrons. The van der Waals surface area contributed by atoms with Gasteiger partial charge in [0.05, 0.1) is 12.3 Å². The standard InChI is InChI=1S/C19H27N5O5S/c1-28-14-18-21-17(22-29-18)9-11-24(30(2,26)27)16-12-23(13-16)19(25)20-10-8-15-6-4-3-5-7-15/h3-7,16H,8-14H2,1-2H3,(H,20,25). The van der Waals surface area contributed by atoms with Gasteiger partial charge in [-0.3, -0.25) is 0 Å². The van der Waals surface area contributed by atoms with E-state index in [1.807, 2.05) is 30.3 Å². The highest BCUT2D eigenvalue weighted by atomic mass is 32.2. The van der Waals surface area contributed by atoms with E-state index in [1.54, 1.807) is 4.90 Å². The predicted octanol–water partition coefficient (Wildman–Crippen LogP) is 0.657. The molecule has 11 heteroatoms. The molecule has 0 radical (unpaired) electrons. The van der Waals surface area contributed by atoms with Crippen LogP contribution in [0.2, 0.25) is 0 Å². The first kappa shape index (κ1) is 22.2. The summed E-state index contributed by atoms with van der Waals surface area (Å²) in [6, 6.07) is 9.46. The third-order valence-electron chi connectivity index (χ3n) is 4.85. The van der Waals surface area contributed by atoms with E-state index >= 15 is 0 Å². The monoisotopic (exact) mass is 437 g/mol. The first-order chi connectivity index (χ1) is 14.4.